The van der Waals surface area contributed by atoms with Gasteiger partial charge in [-0.15, -0.1) is 0 Å². The average molecular weight is 402 g/mol. The summed E-state index contributed by atoms with van der Waals surface area (Å²) < 4.78 is 59.0. The molecule has 2 aromatic carbocycles. The smallest absolute Gasteiger partial charge is 0.416 e. The quantitative estimate of drug-likeness (QED) is 0.645. The number of halogens is 5. The van der Waals surface area contributed by atoms with E-state index in [1.807, 2.05) is 0 Å². The van der Waals surface area contributed by atoms with Crippen LogP contribution in [0.2, 0.25) is 5.02 Å². The van der Waals surface area contributed by atoms with Crippen molar-refractivity contribution < 1.29 is 27.1 Å². The van der Waals surface area contributed by atoms with Crippen LogP contribution >= 0.6 is 11.6 Å². The van der Waals surface area contributed by atoms with Crippen LogP contribution in [-0.2, 0) is 11.0 Å². The highest BCUT2D eigenvalue weighted by Gasteiger charge is 2.32. The summed E-state index contributed by atoms with van der Waals surface area (Å²) in [5.41, 5.74) is 4.53. The molecular weight excluding hydrogens is 390 g/mol. The molecule has 0 saturated heterocycles. The van der Waals surface area contributed by atoms with Crippen LogP contribution in [-0.4, -0.2) is 15.7 Å². The van der Waals surface area contributed by atoms with Crippen LogP contribution in [0.25, 0.3) is 10.9 Å². The summed E-state index contributed by atoms with van der Waals surface area (Å²) >= 11 is 5.77. The average Bonchev–Trinajstić information content (AvgIpc) is 2.99. The van der Waals surface area contributed by atoms with Crippen molar-refractivity contribution in [2.45, 2.75) is 19.1 Å². The number of aromatic nitrogens is 2. The highest BCUT2D eigenvalue weighted by molar-refractivity contribution is 6.32. The molecule has 27 heavy (non-hydrogen) atoms. The molecule has 2 N–H and O–H groups in total. The van der Waals surface area contributed by atoms with Gasteiger partial charge < -0.3 is 10.5 Å². The Bertz CT molecular complexity index is 1010. The molecule has 3 rings (SSSR count). The van der Waals surface area contributed by atoms with Crippen molar-refractivity contribution in [3.63, 3.8) is 0 Å². The Kier molecular flexibility index (Phi) is 4.73. The van der Waals surface area contributed by atoms with Crippen LogP contribution in [0, 0.1) is 5.82 Å². The number of rotatable bonds is 4. The second-order valence-corrected chi connectivity index (χ2v) is 6.16. The SMILES string of the molecule is CC(C(N)=O)n1ncc2ccc(Oc3c(F)cc(C(F)(F)F)cc3Cl)cc21. The van der Waals surface area contributed by atoms with E-state index in [2.05, 4.69) is 5.10 Å². The van der Waals surface area contributed by atoms with E-state index in [-0.39, 0.29) is 5.75 Å². The van der Waals surface area contributed by atoms with Gasteiger partial charge in [0.2, 0.25) is 5.91 Å². The maximum atomic E-state index is 14.1. The topological polar surface area (TPSA) is 70.1 Å². The van der Waals surface area contributed by atoms with Gasteiger partial charge in [-0.3, -0.25) is 9.48 Å². The Morgan fingerprint density at radius 1 is 1.30 bits per heavy atom. The maximum Gasteiger partial charge on any atom is 0.416 e. The van der Waals surface area contributed by atoms with Crippen molar-refractivity contribution in [1.82, 2.24) is 9.78 Å². The second-order valence-electron chi connectivity index (χ2n) is 5.76. The molecule has 142 valence electrons. The molecule has 0 fully saturated rings. The number of alkyl halides is 3. The highest BCUT2D eigenvalue weighted by atomic mass is 35.5. The van der Waals surface area contributed by atoms with Crippen molar-refractivity contribution in [3.8, 4) is 11.5 Å². The first-order chi connectivity index (χ1) is 12.6. The Morgan fingerprint density at radius 2 is 2.00 bits per heavy atom. The zero-order valence-corrected chi connectivity index (χ0v) is 14.5. The fourth-order valence-electron chi connectivity index (χ4n) is 2.45. The third kappa shape index (κ3) is 3.68. The number of primary amides is 1. The standard InChI is InChI=1S/C17H12ClF4N3O2/c1-8(16(23)26)25-14-6-11(3-2-9(14)7-24-25)27-15-12(18)4-10(5-13(15)19)17(20,21)22/h2-8H,1H3,(H2,23,26). The lowest BCUT2D eigenvalue weighted by atomic mass is 10.2. The van der Waals surface area contributed by atoms with E-state index in [1.54, 1.807) is 13.0 Å². The number of carbonyl (C=O) groups is 1. The van der Waals surface area contributed by atoms with Gasteiger partial charge in [0, 0.05) is 11.5 Å². The van der Waals surface area contributed by atoms with Gasteiger partial charge in [0.05, 0.1) is 22.3 Å². The zero-order chi connectivity index (χ0) is 19.9. The third-order valence-corrected chi connectivity index (χ3v) is 4.17. The Morgan fingerprint density at radius 3 is 2.59 bits per heavy atom. The number of fused-ring (bicyclic) bond motifs is 1. The number of nitrogens with zero attached hydrogens (tertiary/aromatic N) is 2. The number of hydrogen-bond donors (Lipinski definition) is 1. The highest BCUT2D eigenvalue weighted by Crippen LogP contribution is 2.39. The normalized spacial score (nSPS) is 13.0. The Labute approximate surface area is 155 Å². The lowest BCUT2D eigenvalue weighted by molar-refractivity contribution is -0.137. The van der Waals surface area contributed by atoms with E-state index < -0.39 is 40.3 Å². The molecule has 1 amide bonds. The van der Waals surface area contributed by atoms with Gasteiger partial charge in [0.1, 0.15) is 11.8 Å². The summed E-state index contributed by atoms with van der Waals surface area (Å²) in [4.78, 5) is 11.4. The van der Waals surface area contributed by atoms with Gasteiger partial charge in [-0.1, -0.05) is 11.6 Å². The number of carbonyl (C=O) groups excluding carboxylic acids is 1. The van der Waals surface area contributed by atoms with Gasteiger partial charge in [0.15, 0.2) is 11.6 Å². The summed E-state index contributed by atoms with van der Waals surface area (Å²) in [6.45, 7) is 1.55. The first kappa shape index (κ1) is 19.0. The molecule has 0 saturated carbocycles. The van der Waals surface area contributed by atoms with E-state index in [0.717, 1.165) is 0 Å². The molecule has 5 nitrogen and oxygen atoms in total. The molecule has 0 spiro atoms. The predicted octanol–water partition coefficient (Wildman–Crippen LogP) is 4.69. The number of amides is 1. The predicted molar refractivity (Wildman–Crippen MR) is 90.1 cm³/mol. The third-order valence-electron chi connectivity index (χ3n) is 3.89. The van der Waals surface area contributed by atoms with E-state index in [4.69, 9.17) is 22.1 Å². The van der Waals surface area contributed by atoms with E-state index in [0.29, 0.717) is 23.0 Å². The summed E-state index contributed by atoms with van der Waals surface area (Å²) in [5.74, 6) is -2.31. The van der Waals surface area contributed by atoms with Gasteiger partial charge >= 0.3 is 6.18 Å². The fraction of sp³-hybridized carbons (Fsp3) is 0.176. The van der Waals surface area contributed by atoms with Gasteiger partial charge in [-0.2, -0.15) is 18.3 Å². The van der Waals surface area contributed by atoms with Crippen LogP contribution in [0.1, 0.15) is 18.5 Å². The summed E-state index contributed by atoms with van der Waals surface area (Å²) in [6, 6.07) is 4.66. The van der Waals surface area contributed by atoms with Crippen LogP contribution in [0.3, 0.4) is 0 Å². The second kappa shape index (κ2) is 6.73. The molecule has 3 aromatic rings. The molecular formula is C17H12ClF4N3O2. The Balaban J connectivity index is 2.00. The van der Waals surface area contributed by atoms with E-state index >= 15 is 0 Å². The molecule has 0 bridgehead atoms. The van der Waals surface area contributed by atoms with Crippen molar-refractivity contribution in [1.29, 1.82) is 0 Å². The molecule has 0 aliphatic rings. The van der Waals surface area contributed by atoms with Gasteiger partial charge in [-0.25, -0.2) is 4.39 Å². The molecule has 10 heteroatoms. The van der Waals surface area contributed by atoms with Crippen LogP contribution < -0.4 is 10.5 Å². The van der Waals surface area contributed by atoms with Crippen LogP contribution in [0.4, 0.5) is 17.6 Å². The fourth-order valence-corrected chi connectivity index (χ4v) is 2.70. The lowest BCUT2D eigenvalue weighted by Gasteiger charge is -2.13. The molecule has 0 aliphatic carbocycles. The van der Waals surface area contributed by atoms with Gasteiger partial charge in [0.25, 0.3) is 0 Å². The number of ether oxygens (including phenoxy) is 1. The summed E-state index contributed by atoms with van der Waals surface area (Å²) in [7, 11) is 0. The van der Waals surface area contributed by atoms with E-state index in [1.165, 1.54) is 23.0 Å². The van der Waals surface area contributed by atoms with Crippen molar-refractivity contribution >= 4 is 28.4 Å². The molecule has 1 heterocycles. The Hall–Kier alpha value is -2.81. The lowest BCUT2D eigenvalue weighted by Crippen LogP contribution is -2.24. The first-order valence-electron chi connectivity index (χ1n) is 7.58. The minimum atomic E-state index is -4.74. The van der Waals surface area contributed by atoms with E-state index in [9.17, 15) is 22.4 Å². The maximum absolute atomic E-state index is 14.1. The molecule has 0 aliphatic heterocycles. The molecule has 1 unspecified atom stereocenters. The largest absolute Gasteiger partial charge is 0.453 e. The molecule has 0 radical (unpaired) electrons. The van der Waals surface area contributed by atoms with Crippen molar-refractivity contribution in [3.05, 3.63) is 52.9 Å². The minimum absolute atomic E-state index is 0.0986. The molecule has 1 aromatic heterocycles. The van der Waals surface area contributed by atoms with Crippen LogP contribution in [0.5, 0.6) is 11.5 Å². The van der Waals surface area contributed by atoms with Crippen molar-refractivity contribution in [2.24, 2.45) is 5.73 Å². The number of hydrogen-bond acceptors (Lipinski definition) is 3. The first-order valence-corrected chi connectivity index (χ1v) is 7.96. The van der Waals surface area contributed by atoms with Crippen molar-refractivity contribution in [2.75, 3.05) is 0 Å². The number of nitrogens with two attached hydrogens (primary N) is 1. The summed E-state index contributed by atoms with van der Waals surface area (Å²) in [6.07, 6.45) is -3.23. The zero-order valence-electron chi connectivity index (χ0n) is 13.7. The minimum Gasteiger partial charge on any atom is -0.453 e. The summed E-state index contributed by atoms with van der Waals surface area (Å²) in [5, 5.41) is 4.21. The van der Waals surface area contributed by atoms with Crippen LogP contribution in [0.15, 0.2) is 36.5 Å². The number of benzene rings is 2. The monoisotopic (exact) mass is 401 g/mol. The molecule has 1 atom stereocenters. The van der Waals surface area contributed by atoms with Gasteiger partial charge in [-0.05, 0) is 31.2 Å².